The van der Waals surface area contributed by atoms with Crippen molar-refractivity contribution in [2.24, 2.45) is 0 Å². The van der Waals surface area contributed by atoms with Crippen molar-refractivity contribution in [3.8, 4) is 16.9 Å². The minimum atomic E-state index is 0.815. The van der Waals surface area contributed by atoms with Crippen molar-refractivity contribution in [1.29, 1.82) is 0 Å². The Morgan fingerprint density at radius 3 is 1.44 bits per heavy atom. The van der Waals surface area contributed by atoms with Gasteiger partial charge in [-0.15, -0.1) is 0 Å². The molecule has 0 saturated heterocycles. The van der Waals surface area contributed by atoms with Crippen LogP contribution in [0.2, 0.25) is 0 Å². The van der Waals surface area contributed by atoms with Gasteiger partial charge in [0.1, 0.15) is 5.75 Å². The van der Waals surface area contributed by atoms with E-state index < -0.39 is 0 Å². The zero-order chi connectivity index (χ0) is 41.2. The second kappa shape index (κ2) is 18.3. The lowest BCUT2D eigenvalue weighted by Crippen LogP contribution is -2.10. The summed E-state index contributed by atoms with van der Waals surface area (Å²) in [7, 11) is 1.71. The molecule has 0 unspecified atom stereocenters. The fraction of sp³-hybridized carbons (Fsp3) is 0.0169. The molecule has 0 aromatic heterocycles. The Hall–Kier alpha value is -7.94. The predicted octanol–water partition coefficient (Wildman–Crippen LogP) is 15.7. The van der Waals surface area contributed by atoms with Crippen LogP contribution in [-0.2, 0) is 0 Å². The number of anilines is 3. The van der Waals surface area contributed by atoms with Crippen molar-refractivity contribution < 1.29 is 4.74 Å². The van der Waals surface area contributed by atoms with Gasteiger partial charge >= 0.3 is 0 Å². The Morgan fingerprint density at radius 2 is 0.918 bits per heavy atom. The number of benzene rings is 9. The average molecular weight is 784 g/mol. The Bertz CT molecular complexity index is 2850. The standard InChI is InChI=1S/C59H45NO/c1-61-54-38-36-53(37-39-54)60(52-34-30-44(31-35-52)18-17-29-55(46-21-9-3-10-22-46)47-23-11-4-12-24-47)59-41-33-51(58-42-50(32-40-56(58)59)45-19-7-2-8-20-45)43-57(48-25-13-5-14-26-48)49-27-15-6-16-28-49/h2-43H,1H3/b18-17+. The second-order valence-electron chi connectivity index (χ2n) is 14.9. The summed E-state index contributed by atoms with van der Waals surface area (Å²) >= 11 is 0. The van der Waals surface area contributed by atoms with E-state index in [4.69, 9.17) is 4.74 Å². The number of fused-ring (bicyclic) bond motifs is 1. The highest BCUT2D eigenvalue weighted by Crippen LogP contribution is 2.42. The Balaban J connectivity index is 1.16. The maximum atomic E-state index is 5.60. The molecule has 9 aromatic carbocycles. The van der Waals surface area contributed by atoms with E-state index in [2.05, 4.69) is 248 Å². The monoisotopic (exact) mass is 783 g/mol. The number of methoxy groups -OCH3 is 1. The van der Waals surface area contributed by atoms with Gasteiger partial charge in [-0.25, -0.2) is 0 Å². The zero-order valence-electron chi connectivity index (χ0n) is 34.1. The maximum absolute atomic E-state index is 5.60. The zero-order valence-corrected chi connectivity index (χ0v) is 34.1. The topological polar surface area (TPSA) is 12.5 Å². The molecule has 0 fully saturated rings. The smallest absolute Gasteiger partial charge is 0.119 e. The van der Waals surface area contributed by atoms with Crippen molar-refractivity contribution in [1.82, 2.24) is 0 Å². The van der Waals surface area contributed by atoms with Crippen LogP contribution in [0.1, 0.15) is 33.4 Å². The van der Waals surface area contributed by atoms with Crippen LogP contribution in [0, 0.1) is 0 Å². The highest BCUT2D eigenvalue weighted by molar-refractivity contribution is 6.07. The largest absolute Gasteiger partial charge is 0.497 e. The van der Waals surface area contributed by atoms with Gasteiger partial charge in [-0.3, -0.25) is 0 Å². The number of allylic oxidation sites excluding steroid dienone is 2. The molecule has 2 heteroatoms. The van der Waals surface area contributed by atoms with E-state index in [0.717, 1.165) is 39.3 Å². The van der Waals surface area contributed by atoms with E-state index in [1.54, 1.807) is 7.11 Å². The molecule has 0 aliphatic heterocycles. The van der Waals surface area contributed by atoms with Crippen LogP contribution < -0.4 is 9.64 Å². The van der Waals surface area contributed by atoms with Gasteiger partial charge in [0.15, 0.2) is 0 Å². The minimum Gasteiger partial charge on any atom is -0.497 e. The molecule has 0 amide bonds. The third-order valence-electron chi connectivity index (χ3n) is 11.0. The first-order chi connectivity index (χ1) is 30.2. The molecule has 0 N–H and O–H groups in total. The van der Waals surface area contributed by atoms with Crippen LogP contribution in [0.15, 0.2) is 243 Å². The van der Waals surface area contributed by atoms with E-state index >= 15 is 0 Å². The normalized spacial score (nSPS) is 11.0. The molecule has 0 saturated carbocycles. The van der Waals surface area contributed by atoms with Crippen LogP contribution >= 0.6 is 0 Å². The van der Waals surface area contributed by atoms with Gasteiger partial charge in [-0.05, 0) is 116 Å². The number of nitrogens with zero attached hydrogens (tertiary/aromatic N) is 1. The molecule has 9 aromatic rings. The van der Waals surface area contributed by atoms with Crippen molar-refractivity contribution in [3.05, 3.63) is 276 Å². The highest BCUT2D eigenvalue weighted by atomic mass is 16.5. The van der Waals surface area contributed by atoms with Crippen molar-refractivity contribution >= 4 is 51.1 Å². The van der Waals surface area contributed by atoms with Crippen LogP contribution in [0.5, 0.6) is 5.75 Å². The molecule has 0 aliphatic rings. The van der Waals surface area contributed by atoms with Crippen LogP contribution in [-0.4, -0.2) is 7.11 Å². The molecule has 2 nitrogen and oxygen atoms in total. The summed E-state index contributed by atoms with van der Waals surface area (Å²) in [4.78, 5) is 2.35. The summed E-state index contributed by atoms with van der Waals surface area (Å²) in [5.74, 6) is 0.815. The van der Waals surface area contributed by atoms with Crippen molar-refractivity contribution in [2.75, 3.05) is 12.0 Å². The fourth-order valence-corrected chi connectivity index (χ4v) is 7.95. The summed E-state index contributed by atoms with van der Waals surface area (Å²) in [6.45, 7) is 0. The van der Waals surface area contributed by atoms with E-state index in [1.165, 1.54) is 49.9 Å². The molecule has 292 valence electrons. The third-order valence-corrected chi connectivity index (χ3v) is 11.0. The summed E-state index contributed by atoms with van der Waals surface area (Å²) in [6, 6.07) is 81.7. The molecular weight excluding hydrogens is 739 g/mol. The van der Waals surface area contributed by atoms with Gasteiger partial charge < -0.3 is 9.64 Å². The fourth-order valence-electron chi connectivity index (χ4n) is 7.95. The summed E-state index contributed by atoms with van der Waals surface area (Å²) in [5.41, 5.74) is 14.9. The van der Waals surface area contributed by atoms with E-state index in [-0.39, 0.29) is 0 Å². The Kier molecular flexibility index (Phi) is 11.6. The Labute approximate surface area is 359 Å². The van der Waals surface area contributed by atoms with Gasteiger partial charge in [-0.1, -0.05) is 200 Å². The third kappa shape index (κ3) is 8.76. The molecular formula is C59H45NO. The number of rotatable bonds is 12. The van der Waals surface area contributed by atoms with E-state index in [0.29, 0.717) is 0 Å². The summed E-state index contributed by atoms with van der Waals surface area (Å²) in [5, 5.41) is 2.31. The van der Waals surface area contributed by atoms with Gasteiger partial charge in [0, 0.05) is 16.8 Å². The van der Waals surface area contributed by atoms with Crippen molar-refractivity contribution in [3.63, 3.8) is 0 Å². The van der Waals surface area contributed by atoms with Gasteiger partial charge in [-0.2, -0.15) is 0 Å². The minimum absolute atomic E-state index is 0.815. The second-order valence-corrected chi connectivity index (χ2v) is 14.9. The Morgan fingerprint density at radius 1 is 0.426 bits per heavy atom. The molecule has 0 bridgehead atoms. The first kappa shape index (κ1) is 38.6. The van der Waals surface area contributed by atoms with Crippen molar-refractivity contribution in [2.45, 2.75) is 0 Å². The number of ether oxygens (including phenoxy) is 1. The van der Waals surface area contributed by atoms with Crippen LogP contribution in [0.25, 0.3) is 45.2 Å². The van der Waals surface area contributed by atoms with Crippen LogP contribution in [0.3, 0.4) is 0 Å². The molecule has 0 heterocycles. The lowest BCUT2D eigenvalue weighted by atomic mass is 9.92. The molecule has 0 aliphatic carbocycles. The first-order valence-electron chi connectivity index (χ1n) is 20.7. The van der Waals surface area contributed by atoms with E-state index in [9.17, 15) is 0 Å². The van der Waals surface area contributed by atoms with Gasteiger partial charge in [0.05, 0.1) is 12.8 Å². The van der Waals surface area contributed by atoms with E-state index in [1.807, 2.05) is 12.1 Å². The SMILES string of the molecule is COc1ccc(N(c2ccc(/C=C/C=C(c3ccccc3)c3ccccc3)cc2)c2ccc(C=C(c3ccccc3)c3ccccc3)c3cc(-c4ccccc4)ccc23)cc1. The quantitative estimate of drug-likeness (QED) is 0.0904. The van der Waals surface area contributed by atoms with Gasteiger partial charge in [0.2, 0.25) is 0 Å². The lowest BCUT2D eigenvalue weighted by Gasteiger charge is -2.28. The number of hydrogen-bond donors (Lipinski definition) is 0. The maximum Gasteiger partial charge on any atom is 0.119 e. The van der Waals surface area contributed by atoms with Crippen LogP contribution in [0.4, 0.5) is 17.1 Å². The molecule has 0 spiro atoms. The number of hydrogen-bond acceptors (Lipinski definition) is 2. The average Bonchev–Trinajstić information content (AvgIpc) is 3.34. The van der Waals surface area contributed by atoms with Gasteiger partial charge in [0.25, 0.3) is 0 Å². The predicted molar refractivity (Wildman–Crippen MR) is 259 cm³/mol. The molecule has 0 radical (unpaired) electrons. The summed E-state index contributed by atoms with van der Waals surface area (Å²) in [6.07, 6.45) is 8.87. The first-order valence-corrected chi connectivity index (χ1v) is 20.7. The lowest BCUT2D eigenvalue weighted by molar-refractivity contribution is 0.415. The molecule has 0 atom stereocenters. The molecule has 61 heavy (non-hydrogen) atoms. The highest BCUT2D eigenvalue weighted by Gasteiger charge is 2.18. The summed E-state index contributed by atoms with van der Waals surface area (Å²) < 4.78 is 5.60. The molecule has 9 rings (SSSR count).